The van der Waals surface area contributed by atoms with E-state index in [-0.39, 0.29) is 5.69 Å². The molecule has 0 aliphatic rings. The van der Waals surface area contributed by atoms with E-state index in [1.807, 2.05) is 11.8 Å². The number of aryl methyl sites for hydroxylation is 2. The molecule has 0 saturated carbocycles. The second-order valence-corrected chi connectivity index (χ2v) is 5.66. The van der Waals surface area contributed by atoms with E-state index >= 15 is 0 Å². The molecule has 0 fully saturated rings. The monoisotopic (exact) mass is 295 g/mol. The van der Waals surface area contributed by atoms with Crippen molar-refractivity contribution in [2.24, 2.45) is 7.05 Å². The van der Waals surface area contributed by atoms with Crippen LogP contribution in [-0.2, 0) is 13.6 Å². The number of carboxylic acids is 1. The maximum Gasteiger partial charge on any atom is 0.358 e. The minimum atomic E-state index is -1.07. The highest BCUT2D eigenvalue weighted by atomic mass is 32.2. The number of rotatable bonds is 7. The molecule has 0 bridgehead atoms. The molecule has 7 nitrogen and oxygen atoms in total. The van der Waals surface area contributed by atoms with Crippen molar-refractivity contribution >= 4 is 17.7 Å². The predicted molar refractivity (Wildman–Crippen MR) is 76.8 cm³/mol. The molecular weight excluding hydrogens is 278 g/mol. The largest absolute Gasteiger partial charge is 0.476 e. The fourth-order valence-corrected chi connectivity index (χ4v) is 2.53. The van der Waals surface area contributed by atoms with E-state index in [4.69, 9.17) is 0 Å². The Morgan fingerprint density at radius 2 is 2.30 bits per heavy atom. The summed E-state index contributed by atoms with van der Waals surface area (Å²) < 4.78 is 3.28. The number of carbonyl (C=O) groups is 1. The summed E-state index contributed by atoms with van der Waals surface area (Å²) in [6, 6.07) is 0. The Labute approximate surface area is 121 Å². The van der Waals surface area contributed by atoms with Crippen LogP contribution in [0.1, 0.15) is 23.8 Å². The lowest BCUT2D eigenvalue weighted by Crippen LogP contribution is -2.05. The van der Waals surface area contributed by atoms with E-state index in [0.29, 0.717) is 12.2 Å². The first kappa shape index (κ1) is 14.6. The van der Waals surface area contributed by atoms with Crippen molar-refractivity contribution < 1.29 is 9.90 Å². The summed E-state index contributed by atoms with van der Waals surface area (Å²) in [6.07, 6.45) is 4.32. The van der Waals surface area contributed by atoms with Gasteiger partial charge in [-0.3, -0.25) is 4.68 Å². The van der Waals surface area contributed by atoms with Gasteiger partial charge in [0.2, 0.25) is 0 Å². The van der Waals surface area contributed by atoms with E-state index in [1.165, 1.54) is 0 Å². The Kier molecular flexibility index (Phi) is 4.78. The van der Waals surface area contributed by atoms with Gasteiger partial charge in [0.1, 0.15) is 5.69 Å². The van der Waals surface area contributed by atoms with Crippen LogP contribution in [0.15, 0.2) is 12.4 Å². The average Bonchev–Trinajstić information content (AvgIpc) is 3.00. The van der Waals surface area contributed by atoms with Gasteiger partial charge in [0.15, 0.2) is 5.69 Å². The molecule has 1 N–H and O–H groups in total. The number of thioether (sulfide) groups is 1. The van der Waals surface area contributed by atoms with Crippen LogP contribution < -0.4 is 0 Å². The minimum Gasteiger partial charge on any atom is -0.476 e. The predicted octanol–water partition coefficient (Wildman–Crippen LogP) is 1.52. The number of nitrogens with zero attached hydrogens (tertiary/aromatic N) is 5. The van der Waals surface area contributed by atoms with Gasteiger partial charge in [-0.25, -0.2) is 9.48 Å². The minimum absolute atomic E-state index is 0.0267. The van der Waals surface area contributed by atoms with Crippen LogP contribution in [0.25, 0.3) is 11.3 Å². The molecule has 20 heavy (non-hydrogen) atoms. The Bertz CT molecular complexity index is 592. The lowest BCUT2D eigenvalue weighted by atomic mass is 10.2. The first-order valence-electron chi connectivity index (χ1n) is 6.37. The summed E-state index contributed by atoms with van der Waals surface area (Å²) in [5, 5.41) is 21.0. The van der Waals surface area contributed by atoms with Gasteiger partial charge in [-0.15, -0.1) is 5.10 Å². The zero-order valence-electron chi connectivity index (χ0n) is 11.5. The summed E-state index contributed by atoms with van der Waals surface area (Å²) in [4.78, 5) is 11.2. The van der Waals surface area contributed by atoms with Crippen molar-refractivity contribution in [1.29, 1.82) is 0 Å². The van der Waals surface area contributed by atoms with E-state index in [2.05, 4.69) is 22.3 Å². The normalized spacial score (nSPS) is 10.9. The highest BCUT2D eigenvalue weighted by Crippen LogP contribution is 2.22. The Hall–Kier alpha value is -1.83. The second kappa shape index (κ2) is 6.56. The molecule has 0 amide bonds. The molecule has 8 heteroatoms. The Morgan fingerprint density at radius 1 is 1.50 bits per heavy atom. The Morgan fingerprint density at radius 3 is 2.90 bits per heavy atom. The van der Waals surface area contributed by atoms with Crippen LogP contribution in [-0.4, -0.2) is 47.4 Å². The van der Waals surface area contributed by atoms with Crippen molar-refractivity contribution in [2.75, 3.05) is 11.5 Å². The first-order chi connectivity index (χ1) is 9.63. The molecule has 2 rings (SSSR count). The van der Waals surface area contributed by atoms with E-state index in [0.717, 1.165) is 23.5 Å². The van der Waals surface area contributed by atoms with Crippen molar-refractivity contribution in [2.45, 2.75) is 19.9 Å². The van der Waals surface area contributed by atoms with Gasteiger partial charge in [-0.05, 0) is 17.9 Å². The van der Waals surface area contributed by atoms with Crippen LogP contribution in [0, 0.1) is 0 Å². The van der Waals surface area contributed by atoms with Crippen molar-refractivity contribution in [3.63, 3.8) is 0 Å². The molecule has 0 saturated heterocycles. The third-order valence-corrected chi connectivity index (χ3v) is 3.76. The fraction of sp³-hybridized carbons (Fsp3) is 0.500. The molecule has 0 spiro atoms. The van der Waals surface area contributed by atoms with E-state index in [1.54, 1.807) is 28.8 Å². The highest BCUT2D eigenvalue weighted by molar-refractivity contribution is 7.99. The molecule has 2 heterocycles. The quantitative estimate of drug-likeness (QED) is 0.779. The van der Waals surface area contributed by atoms with Crippen LogP contribution in [0.2, 0.25) is 0 Å². The molecule has 0 aliphatic heterocycles. The number of aromatic carboxylic acids is 1. The van der Waals surface area contributed by atoms with Crippen LogP contribution >= 0.6 is 11.8 Å². The third-order valence-electron chi connectivity index (χ3n) is 2.78. The molecule has 2 aromatic heterocycles. The van der Waals surface area contributed by atoms with Crippen molar-refractivity contribution in [3.05, 3.63) is 18.1 Å². The molecule has 0 aliphatic carbocycles. The van der Waals surface area contributed by atoms with Gasteiger partial charge < -0.3 is 5.11 Å². The lowest BCUT2D eigenvalue weighted by molar-refractivity contribution is 0.0691. The molecule has 0 aromatic carbocycles. The van der Waals surface area contributed by atoms with Gasteiger partial charge in [-0.1, -0.05) is 12.1 Å². The molecule has 0 unspecified atom stereocenters. The number of hydrogen-bond acceptors (Lipinski definition) is 5. The van der Waals surface area contributed by atoms with E-state index < -0.39 is 5.97 Å². The fourth-order valence-electron chi connectivity index (χ4n) is 1.90. The maximum absolute atomic E-state index is 11.2. The standard InChI is InChI=1S/C12H17N5O2S/c1-3-20-6-4-5-17-11(9-7-13-16(2)8-9)10(12(18)19)14-15-17/h7-8H,3-6H2,1-2H3,(H,18,19). The summed E-state index contributed by atoms with van der Waals surface area (Å²) in [5.41, 5.74) is 1.21. The Balaban J connectivity index is 2.26. The maximum atomic E-state index is 11.2. The van der Waals surface area contributed by atoms with Crippen molar-refractivity contribution in [3.8, 4) is 11.3 Å². The molecule has 2 aromatic rings. The molecule has 0 atom stereocenters. The van der Waals surface area contributed by atoms with Gasteiger partial charge in [0.05, 0.1) is 6.20 Å². The van der Waals surface area contributed by atoms with Crippen LogP contribution in [0.4, 0.5) is 0 Å². The second-order valence-electron chi connectivity index (χ2n) is 4.27. The topological polar surface area (TPSA) is 85.8 Å². The summed E-state index contributed by atoms with van der Waals surface area (Å²) in [6.45, 7) is 2.77. The van der Waals surface area contributed by atoms with Gasteiger partial charge in [-0.2, -0.15) is 16.9 Å². The number of carboxylic acid groups (broad SMARTS) is 1. The summed E-state index contributed by atoms with van der Waals surface area (Å²) in [7, 11) is 1.79. The van der Waals surface area contributed by atoms with Gasteiger partial charge in [0.25, 0.3) is 0 Å². The lowest BCUT2D eigenvalue weighted by Gasteiger charge is -2.05. The third kappa shape index (κ3) is 3.19. The van der Waals surface area contributed by atoms with E-state index in [9.17, 15) is 9.90 Å². The smallest absolute Gasteiger partial charge is 0.358 e. The summed E-state index contributed by atoms with van der Waals surface area (Å²) in [5.74, 6) is 1.02. The zero-order valence-corrected chi connectivity index (χ0v) is 12.3. The average molecular weight is 295 g/mol. The van der Waals surface area contributed by atoms with Crippen molar-refractivity contribution in [1.82, 2.24) is 24.8 Å². The van der Waals surface area contributed by atoms with Crippen LogP contribution in [0.3, 0.4) is 0 Å². The van der Waals surface area contributed by atoms with Gasteiger partial charge >= 0.3 is 5.97 Å². The number of aromatic nitrogens is 5. The molecular formula is C12H17N5O2S. The zero-order chi connectivity index (χ0) is 14.5. The summed E-state index contributed by atoms with van der Waals surface area (Å²) >= 11 is 1.85. The molecule has 108 valence electrons. The van der Waals surface area contributed by atoms with Crippen LogP contribution in [0.5, 0.6) is 0 Å². The van der Waals surface area contributed by atoms with Gasteiger partial charge in [0, 0.05) is 25.4 Å². The molecule has 0 radical (unpaired) electrons. The SMILES string of the molecule is CCSCCCn1nnc(C(=O)O)c1-c1cnn(C)c1. The number of hydrogen-bond donors (Lipinski definition) is 1. The highest BCUT2D eigenvalue weighted by Gasteiger charge is 2.21. The first-order valence-corrected chi connectivity index (χ1v) is 7.52.